The maximum absolute atomic E-state index is 10.8. The summed E-state index contributed by atoms with van der Waals surface area (Å²) in [5, 5.41) is 8.93. The molecule has 0 aromatic carbocycles. The fraction of sp³-hybridized carbons (Fsp3) is 0.571. The summed E-state index contributed by atoms with van der Waals surface area (Å²) in [7, 11) is -4.51. The Morgan fingerprint density at radius 2 is 2.07 bits per heavy atom. The SMILES string of the molecule is C=C(C)C(=O)OCC(O)CS(=O)(=O)[O-].[Rb+]. The van der Waals surface area contributed by atoms with E-state index < -0.39 is 34.6 Å². The number of ether oxygens (including phenoxy) is 1. The molecule has 1 atom stereocenters. The van der Waals surface area contributed by atoms with Crippen LogP contribution in [0.4, 0.5) is 0 Å². The van der Waals surface area contributed by atoms with Crippen molar-refractivity contribution in [2.75, 3.05) is 12.4 Å². The van der Waals surface area contributed by atoms with Crippen molar-refractivity contribution in [2.45, 2.75) is 13.0 Å². The summed E-state index contributed by atoms with van der Waals surface area (Å²) in [6.07, 6.45) is -1.50. The number of carbonyl (C=O) groups is 1. The molecule has 1 N–H and O–H groups in total. The Bertz CT molecular complexity index is 322. The third kappa shape index (κ3) is 11.2. The van der Waals surface area contributed by atoms with E-state index in [1.54, 1.807) is 0 Å². The molecular weight excluding hydrogens is 298 g/mol. The standard InChI is InChI=1S/C7H12O6S.Rb/c1-5(2)7(9)13-3-6(8)4-14(10,11)12;/h6,8H,1,3-4H2,2H3,(H,10,11,12);/q;+1/p-1. The van der Waals surface area contributed by atoms with Gasteiger partial charge in [0.05, 0.1) is 15.9 Å². The van der Waals surface area contributed by atoms with Gasteiger partial charge in [0.2, 0.25) is 0 Å². The van der Waals surface area contributed by atoms with E-state index in [-0.39, 0.29) is 63.8 Å². The van der Waals surface area contributed by atoms with Gasteiger partial charge < -0.3 is 14.4 Å². The zero-order chi connectivity index (χ0) is 11.4. The maximum atomic E-state index is 10.8. The van der Waals surface area contributed by atoms with Crippen LogP contribution < -0.4 is 58.2 Å². The first-order valence-corrected chi connectivity index (χ1v) is 5.24. The van der Waals surface area contributed by atoms with Crippen molar-refractivity contribution >= 4 is 16.1 Å². The van der Waals surface area contributed by atoms with E-state index in [9.17, 15) is 17.8 Å². The van der Waals surface area contributed by atoms with E-state index in [4.69, 9.17) is 5.11 Å². The van der Waals surface area contributed by atoms with Gasteiger partial charge in [0.25, 0.3) is 0 Å². The van der Waals surface area contributed by atoms with E-state index in [0.717, 1.165) is 0 Å². The first-order valence-electron chi connectivity index (χ1n) is 3.66. The Balaban J connectivity index is 0. The molecule has 0 aliphatic rings. The molecule has 6 nitrogen and oxygen atoms in total. The smallest absolute Gasteiger partial charge is 0.748 e. The molecule has 15 heavy (non-hydrogen) atoms. The number of esters is 1. The molecule has 0 aromatic heterocycles. The third-order valence-corrected chi connectivity index (χ3v) is 1.94. The largest absolute Gasteiger partial charge is 1.00 e. The Morgan fingerprint density at radius 1 is 1.60 bits per heavy atom. The quantitative estimate of drug-likeness (QED) is 0.315. The number of carbonyl (C=O) groups excluding carboxylic acids is 1. The minimum Gasteiger partial charge on any atom is -0.748 e. The first kappa shape index (κ1) is 18.3. The van der Waals surface area contributed by atoms with Crippen LogP contribution in [0.2, 0.25) is 0 Å². The predicted molar refractivity (Wildman–Crippen MR) is 46.3 cm³/mol. The fourth-order valence-corrected chi connectivity index (χ4v) is 1.15. The molecule has 0 radical (unpaired) electrons. The van der Waals surface area contributed by atoms with Crippen molar-refractivity contribution in [2.24, 2.45) is 0 Å². The fourth-order valence-electron chi connectivity index (χ4n) is 0.579. The Hall–Kier alpha value is 0.885. The average molecular weight is 309 g/mol. The Morgan fingerprint density at radius 3 is 2.40 bits per heavy atom. The molecule has 0 aromatic rings. The van der Waals surface area contributed by atoms with Gasteiger partial charge in [0.1, 0.15) is 12.7 Å². The van der Waals surface area contributed by atoms with Gasteiger partial charge in [-0.15, -0.1) is 0 Å². The molecule has 0 bridgehead atoms. The Labute approximate surface area is 137 Å². The van der Waals surface area contributed by atoms with Crippen molar-refractivity contribution in [1.82, 2.24) is 0 Å². The van der Waals surface area contributed by atoms with Crippen LogP contribution >= 0.6 is 0 Å². The van der Waals surface area contributed by atoms with Gasteiger partial charge in [-0.3, -0.25) is 0 Å². The van der Waals surface area contributed by atoms with Gasteiger partial charge >= 0.3 is 64.2 Å². The molecule has 0 heterocycles. The van der Waals surface area contributed by atoms with Crippen molar-refractivity contribution in [3.8, 4) is 0 Å². The first-order chi connectivity index (χ1) is 6.22. The second-order valence-corrected chi connectivity index (χ2v) is 4.21. The molecule has 0 saturated carbocycles. The van der Waals surface area contributed by atoms with Crippen molar-refractivity contribution < 1.29 is 85.8 Å². The molecule has 82 valence electrons. The third-order valence-electron chi connectivity index (χ3n) is 1.15. The van der Waals surface area contributed by atoms with E-state index in [0.29, 0.717) is 0 Å². The zero-order valence-corrected chi connectivity index (χ0v) is 14.3. The summed E-state index contributed by atoms with van der Waals surface area (Å²) in [5.41, 5.74) is 0.127. The normalized spacial score (nSPS) is 12.5. The van der Waals surface area contributed by atoms with Crippen LogP contribution in [0.15, 0.2) is 12.2 Å². The van der Waals surface area contributed by atoms with Crippen LogP contribution in [0, 0.1) is 0 Å². The van der Waals surface area contributed by atoms with Crippen molar-refractivity contribution in [3.63, 3.8) is 0 Å². The van der Waals surface area contributed by atoms with Gasteiger partial charge in [0.15, 0.2) is 0 Å². The minimum atomic E-state index is -4.51. The zero-order valence-electron chi connectivity index (χ0n) is 8.60. The topological polar surface area (TPSA) is 104 Å². The van der Waals surface area contributed by atoms with Gasteiger partial charge in [-0.05, 0) is 6.92 Å². The molecule has 0 amide bonds. The predicted octanol–water partition coefficient (Wildman–Crippen LogP) is -3.98. The van der Waals surface area contributed by atoms with E-state index in [2.05, 4.69) is 11.3 Å². The number of rotatable bonds is 5. The van der Waals surface area contributed by atoms with Gasteiger partial charge in [-0.2, -0.15) is 0 Å². The van der Waals surface area contributed by atoms with Crippen LogP contribution in [0.25, 0.3) is 0 Å². The number of aliphatic hydroxyl groups excluding tert-OH is 1. The average Bonchev–Trinajstić information content (AvgIpc) is 1.96. The second kappa shape index (κ2) is 8.05. The van der Waals surface area contributed by atoms with Crippen LogP contribution in [0.3, 0.4) is 0 Å². The number of hydrogen-bond donors (Lipinski definition) is 1. The summed E-state index contributed by atoms with van der Waals surface area (Å²) in [4.78, 5) is 10.8. The summed E-state index contributed by atoms with van der Waals surface area (Å²) in [6, 6.07) is 0. The molecule has 0 fully saturated rings. The van der Waals surface area contributed by atoms with Gasteiger partial charge in [-0.25, -0.2) is 13.2 Å². The molecule has 0 spiro atoms. The van der Waals surface area contributed by atoms with Gasteiger partial charge in [0, 0.05) is 5.57 Å². The molecule has 0 rings (SSSR count). The van der Waals surface area contributed by atoms with E-state index in [1.165, 1.54) is 6.92 Å². The minimum absolute atomic E-state index is 0. The maximum Gasteiger partial charge on any atom is 1.00 e. The summed E-state index contributed by atoms with van der Waals surface area (Å²) >= 11 is 0. The summed E-state index contributed by atoms with van der Waals surface area (Å²) in [6.45, 7) is 4.14. The molecular formula is C7H11O6RbS. The summed E-state index contributed by atoms with van der Waals surface area (Å²) < 4.78 is 34.9. The van der Waals surface area contributed by atoms with Crippen LogP contribution in [-0.4, -0.2) is 42.5 Å². The van der Waals surface area contributed by atoms with Crippen molar-refractivity contribution in [3.05, 3.63) is 12.2 Å². The van der Waals surface area contributed by atoms with Crippen LogP contribution in [-0.2, 0) is 19.6 Å². The molecule has 1 unspecified atom stereocenters. The van der Waals surface area contributed by atoms with E-state index in [1.807, 2.05) is 0 Å². The number of hydrogen-bond acceptors (Lipinski definition) is 6. The second-order valence-electron chi connectivity index (χ2n) is 2.76. The van der Waals surface area contributed by atoms with Crippen molar-refractivity contribution in [1.29, 1.82) is 0 Å². The van der Waals surface area contributed by atoms with E-state index >= 15 is 0 Å². The molecule has 0 aliphatic carbocycles. The van der Waals surface area contributed by atoms with Gasteiger partial charge in [-0.1, -0.05) is 6.58 Å². The van der Waals surface area contributed by atoms with Crippen LogP contribution in [0.5, 0.6) is 0 Å². The monoisotopic (exact) mass is 308 g/mol. The van der Waals surface area contributed by atoms with Crippen LogP contribution in [0.1, 0.15) is 6.92 Å². The Kier molecular flexibility index (Phi) is 9.79. The molecule has 8 heteroatoms. The molecule has 0 saturated heterocycles. The summed E-state index contributed by atoms with van der Waals surface area (Å²) in [5.74, 6) is -1.72. The molecule has 0 aliphatic heterocycles. The number of aliphatic hydroxyl groups is 1.